The lowest BCUT2D eigenvalue weighted by Crippen LogP contribution is -2.48. The summed E-state index contributed by atoms with van der Waals surface area (Å²) in [6.45, 7) is 8.25. The summed E-state index contributed by atoms with van der Waals surface area (Å²) in [7, 11) is 0. The third kappa shape index (κ3) is 3.20. The van der Waals surface area contributed by atoms with Crippen LogP contribution in [0.4, 0.5) is 0 Å². The van der Waals surface area contributed by atoms with Gasteiger partial charge in [-0.25, -0.2) is 0 Å². The topological polar surface area (TPSA) is 44.3 Å². The first-order chi connectivity index (χ1) is 7.96. The Labute approximate surface area is 103 Å². The van der Waals surface area contributed by atoms with E-state index >= 15 is 0 Å². The highest BCUT2D eigenvalue weighted by Gasteiger charge is 2.21. The number of aromatic hydroxyl groups is 1. The molecule has 0 saturated heterocycles. The quantitative estimate of drug-likeness (QED) is 0.731. The van der Waals surface area contributed by atoms with Gasteiger partial charge in [0.05, 0.1) is 0 Å². The molecule has 17 heavy (non-hydrogen) atoms. The molecule has 1 aliphatic heterocycles. The van der Waals surface area contributed by atoms with Crippen LogP contribution in [-0.4, -0.2) is 23.2 Å². The van der Waals surface area contributed by atoms with Gasteiger partial charge in [0.15, 0.2) is 0 Å². The first-order valence-corrected chi connectivity index (χ1v) is 6.24. The van der Waals surface area contributed by atoms with E-state index in [-0.39, 0.29) is 5.54 Å². The fourth-order valence-electron chi connectivity index (χ4n) is 2.17. The van der Waals surface area contributed by atoms with Crippen LogP contribution in [0.3, 0.4) is 0 Å². The number of phenols is 1. The Morgan fingerprint density at radius 3 is 2.88 bits per heavy atom. The Morgan fingerprint density at radius 1 is 1.41 bits per heavy atom. The zero-order valence-electron chi connectivity index (χ0n) is 10.9. The Bertz CT molecular complexity index is 396. The van der Waals surface area contributed by atoms with Crippen molar-refractivity contribution in [1.29, 1.82) is 0 Å². The van der Waals surface area contributed by atoms with Crippen molar-refractivity contribution in [3.8, 4) is 5.75 Å². The maximum Gasteiger partial charge on any atom is 0.120 e. The minimum Gasteiger partial charge on any atom is -0.508 e. The van der Waals surface area contributed by atoms with E-state index < -0.39 is 0 Å². The molecule has 1 aromatic rings. The molecule has 3 heteroatoms. The van der Waals surface area contributed by atoms with Crippen molar-refractivity contribution in [3.63, 3.8) is 0 Å². The van der Waals surface area contributed by atoms with Crippen molar-refractivity contribution < 1.29 is 5.11 Å². The van der Waals surface area contributed by atoms with Crippen molar-refractivity contribution in [2.75, 3.05) is 6.54 Å². The second kappa shape index (κ2) is 4.67. The third-order valence-corrected chi connectivity index (χ3v) is 3.16. The summed E-state index contributed by atoms with van der Waals surface area (Å²) >= 11 is 0. The molecule has 1 heterocycles. The zero-order valence-corrected chi connectivity index (χ0v) is 10.9. The van der Waals surface area contributed by atoms with Crippen molar-refractivity contribution in [2.45, 2.75) is 45.3 Å². The molecule has 3 nitrogen and oxygen atoms in total. The van der Waals surface area contributed by atoms with Gasteiger partial charge >= 0.3 is 0 Å². The molecule has 0 radical (unpaired) electrons. The zero-order chi connectivity index (χ0) is 12.5. The smallest absolute Gasteiger partial charge is 0.120 e. The molecule has 0 spiro atoms. The molecule has 3 N–H and O–H groups in total. The highest BCUT2D eigenvalue weighted by atomic mass is 16.3. The van der Waals surface area contributed by atoms with Crippen LogP contribution in [0.5, 0.6) is 5.75 Å². The van der Waals surface area contributed by atoms with Crippen LogP contribution in [0.2, 0.25) is 0 Å². The van der Waals surface area contributed by atoms with E-state index in [1.54, 1.807) is 6.07 Å². The maximum absolute atomic E-state index is 9.75. The number of benzene rings is 1. The van der Waals surface area contributed by atoms with Crippen molar-refractivity contribution in [3.05, 3.63) is 29.3 Å². The van der Waals surface area contributed by atoms with Crippen LogP contribution < -0.4 is 10.6 Å². The Morgan fingerprint density at radius 2 is 2.18 bits per heavy atom. The summed E-state index contributed by atoms with van der Waals surface area (Å²) in [4.78, 5) is 0. The standard InChI is InChI=1S/C14H22N2O/c1-14(2,3)16-8-11-7-10-5-4-6-13(17)12(10)9-15-11/h4-6,11,15-17H,7-9H2,1-3H3. The Kier molecular flexibility index (Phi) is 3.40. The molecule has 0 aliphatic carbocycles. The van der Waals surface area contributed by atoms with E-state index in [0.29, 0.717) is 11.8 Å². The van der Waals surface area contributed by atoms with E-state index in [1.807, 2.05) is 6.07 Å². The Balaban J connectivity index is 1.99. The van der Waals surface area contributed by atoms with Crippen LogP contribution >= 0.6 is 0 Å². The monoisotopic (exact) mass is 234 g/mol. The molecule has 1 unspecified atom stereocenters. The highest BCUT2D eigenvalue weighted by Crippen LogP contribution is 2.25. The minimum atomic E-state index is 0.154. The molecular formula is C14H22N2O. The number of hydrogen-bond donors (Lipinski definition) is 3. The van der Waals surface area contributed by atoms with E-state index in [2.05, 4.69) is 37.5 Å². The normalized spacial score (nSPS) is 20.1. The lowest BCUT2D eigenvalue weighted by molar-refractivity contribution is 0.362. The molecule has 94 valence electrons. The van der Waals surface area contributed by atoms with Gasteiger partial charge in [-0.15, -0.1) is 0 Å². The molecule has 1 atom stereocenters. The van der Waals surface area contributed by atoms with Gasteiger partial charge in [0.25, 0.3) is 0 Å². The Hall–Kier alpha value is -1.06. The molecule has 2 rings (SSSR count). The van der Waals surface area contributed by atoms with Crippen molar-refractivity contribution in [1.82, 2.24) is 10.6 Å². The van der Waals surface area contributed by atoms with E-state index in [4.69, 9.17) is 0 Å². The van der Waals surface area contributed by atoms with Gasteiger partial charge in [-0.3, -0.25) is 0 Å². The molecule has 0 amide bonds. The number of rotatable bonds is 2. The summed E-state index contributed by atoms with van der Waals surface area (Å²) in [5, 5.41) is 16.7. The van der Waals surface area contributed by atoms with Gasteiger partial charge in [0.1, 0.15) is 5.75 Å². The lowest BCUT2D eigenvalue weighted by atomic mass is 9.94. The first-order valence-electron chi connectivity index (χ1n) is 6.24. The number of phenolic OH excluding ortho intramolecular Hbond substituents is 1. The lowest BCUT2D eigenvalue weighted by Gasteiger charge is -2.30. The number of nitrogens with one attached hydrogen (secondary N) is 2. The number of fused-ring (bicyclic) bond motifs is 1. The predicted octanol–water partition coefficient (Wildman–Crippen LogP) is 1.79. The highest BCUT2D eigenvalue weighted by molar-refractivity contribution is 5.41. The minimum absolute atomic E-state index is 0.154. The van der Waals surface area contributed by atoms with Crippen molar-refractivity contribution >= 4 is 0 Å². The first kappa shape index (κ1) is 12.4. The molecule has 0 aromatic heterocycles. The second-order valence-electron chi connectivity index (χ2n) is 5.83. The SMILES string of the molecule is CC(C)(C)NCC1Cc2cccc(O)c2CN1. The average molecular weight is 234 g/mol. The molecule has 0 saturated carbocycles. The van der Waals surface area contributed by atoms with Gasteiger partial charge in [-0.1, -0.05) is 12.1 Å². The molecular weight excluding hydrogens is 212 g/mol. The summed E-state index contributed by atoms with van der Waals surface area (Å²) in [6.07, 6.45) is 0.979. The van der Waals surface area contributed by atoms with Crippen LogP contribution in [-0.2, 0) is 13.0 Å². The van der Waals surface area contributed by atoms with Gasteiger partial charge in [0.2, 0.25) is 0 Å². The molecule has 1 aliphatic rings. The summed E-state index contributed by atoms with van der Waals surface area (Å²) < 4.78 is 0. The van der Waals surface area contributed by atoms with Gasteiger partial charge < -0.3 is 15.7 Å². The summed E-state index contributed by atoms with van der Waals surface area (Å²) in [5.74, 6) is 0.414. The van der Waals surface area contributed by atoms with E-state index in [0.717, 1.165) is 25.1 Å². The third-order valence-electron chi connectivity index (χ3n) is 3.16. The van der Waals surface area contributed by atoms with Crippen LogP contribution in [0, 0.1) is 0 Å². The van der Waals surface area contributed by atoms with Crippen LogP contribution in [0.1, 0.15) is 31.9 Å². The maximum atomic E-state index is 9.75. The predicted molar refractivity (Wildman–Crippen MR) is 70.2 cm³/mol. The fourth-order valence-corrected chi connectivity index (χ4v) is 2.17. The fraction of sp³-hybridized carbons (Fsp3) is 0.571. The molecule has 0 bridgehead atoms. The largest absolute Gasteiger partial charge is 0.508 e. The van der Waals surface area contributed by atoms with E-state index in [1.165, 1.54) is 5.56 Å². The number of hydrogen-bond acceptors (Lipinski definition) is 3. The second-order valence-corrected chi connectivity index (χ2v) is 5.83. The van der Waals surface area contributed by atoms with Crippen LogP contribution in [0.15, 0.2) is 18.2 Å². The average Bonchev–Trinajstić information content (AvgIpc) is 2.26. The summed E-state index contributed by atoms with van der Waals surface area (Å²) in [6, 6.07) is 6.24. The van der Waals surface area contributed by atoms with Crippen molar-refractivity contribution in [2.24, 2.45) is 0 Å². The molecule has 1 aromatic carbocycles. The van der Waals surface area contributed by atoms with Crippen LogP contribution in [0.25, 0.3) is 0 Å². The van der Waals surface area contributed by atoms with Gasteiger partial charge in [-0.05, 0) is 38.8 Å². The van der Waals surface area contributed by atoms with Gasteiger partial charge in [0, 0.05) is 30.2 Å². The van der Waals surface area contributed by atoms with E-state index in [9.17, 15) is 5.11 Å². The molecule has 0 fully saturated rings. The van der Waals surface area contributed by atoms with Gasteiger partial charge in [-0.2, -0.15) is 0 Å². The summed E-state index contributed by atoms with van der Waals surface area (Å²) in [5.41, 5.74) is 2.48.